The number of aryl methyl sites for hydroxylation is 1. The van der Waals surface area contributed by atoms with Crippen LogP contribution in [-0.2, 0) is 16.1 Å². The van der Waals surface area contributed by atoms with E-state index in [1.807, 2.05) is 20.3 Å². The number of carboxylic acid groups (broad SMARTS) is 2. The van der Waals surface area contributed by atoms with Gasteiger partial charge in [-0.15, -0.1) is 0 Å². The number of benzene rings is 1. The van der Waals surface area contributed by atoms with Crippen LogP contribution >= 0.6 is 0 Å². The third kappa shape index (κ3) is 7.31. The fraction of sp³-hybridized carbons (Fsp3) is 0.556. The highest BCUT2D eigenvalue weighted by Gasteiger charge is 2.49. The zero-order valence-electron chi connectivity index (χ0n) is 22.4. The van der Waals surface area contributed by atoms with Crippen LogP contribution in [0.5, 0.6) is 0 Å². The number of likely N-dealkylation sites (tertiary alicyclic amines) is 2. The Morgan fingerprint density at radius 1 is 1.03 bits per heavy atom. The zero-order valence-corrected chi connectivity index (χ0v) is 22.4. The van der Waals surface area contributed by atoms with Gasteiger partial charge in [0.2, 0.25) is 0 Å². The predicted molar refractivity (Wildman–Crippen MR) is 139 cm³/mol. The van der Waals surface area contributed by atoms with Crippen molar-refractivity contribution in [1.82, 2.24) is 24.3 Å². The molecule has 0 spiro atoms. The molecule has 3 aliphatic rings. The molecular weight excluding hydrogens is 474 g/mol. The van der Waals surface area contributed by atoms with Crippen LogP contribution in [0.3, 0.4) is 0 Å². The van der Waals surface area contributed by atoms with Crippen LogP contribution < -0.4 is 0 Å². The van der Waals surface area contributed by atoms with Gasteiger partial charge < -0.3 is 24.6 Å². The Hall–Kier alpha value is -3.40. The van der Waals surface area contributed by atoms with E-state index in [0.29, 0.717) is 17.9 Å². The van der Waals surface area contributed by atoms with Gasteiger partial charge in [0.1, 0.15) is 5.82 Å². The van der Waals surface area contributed by atoms with Gasteiger partial charge in [-0.25, -0.2) is 9.78 Å². The lowest BCUT2D eigenvalue weighted by atomic mass is 9.88. The standard InChI is InChI=1S/C23H31N5O.2C2H4O2/c1-16-6-4-5-7-19(16)22-20-14-26(12-17(20)13-28(22)23(29)25(2)3)15-21-24-10-11-27(21)18-8-9-18;2*1-2(3)4/h4-7,10-11,17-18,20,22H,8-9,12-15H2,1-3H3;2*1H3,(H,3,4)/t17-,20-,22+;;/m1../s1. The van der Waals surface area contributed by atoms with Crippen molar-refractivity contribution in [3.05, 3.63) is 53.6 Å². The Labute approximate surface area is 218 Å². The van der Waals surface area contributed by atoms with E-state index >= 15 is 0 Å². The van der Waals surface area contributed by atoms with E-state index in [4.69, 9.17) is 19.8 Å². The molecule has 2 N–H and O–H groups in total. The zero-order chi connectivity index (χ0) is 27.3. The number of rotatable bonds is 4. The Morgan fingerprint density at radius 3 is 2.22 bits per heavy atom. The molecule has 3 fully saturated rings. The van der Waals surface area contributed by atoms with Gasteiger partial charge in [0, 0.05) is 71.9 Å². The molecule has 10 heteroatoms. The first-order valence-electron chi connectivity index (χ1n) is 12.7. The second-order valence-corrected chi connectivity index (χ2v) is 10.3. The van der Waals surface area contributed by atoms with E-state index in [1.54, 1.807) is 4.90 Å². The molecule has 0 unspecified atom stereocenters. The van der Waals surface area contributed by atoms with Crippen molar-refractivity contribution in [2.24, 2.45) is 11.8 Å². The van der Waals surface area contributed by atoms with Crippen LogP contribution in [0.1, 0.15) is 55.7 Å². The maximum atomic E-state index is 13.0. The highest BCUT2D eigenvalue weighted by molar-refractivity contribution is 5.75. The van der Waals surface area contributed by atoms with Gasteiger partial charge in [-0.2, -0.15) is 0 Å². The summed E-state index contributed by atoms with van der Waals surface area (Å²) in [5.41, 5.74) is 2.58. The van der Waals surface area contributed by atoms with Gasteiger partial charge >= 0.3 is 6.03 Å². The molecule has 37 heavy (non-hydrogen) atoms. The Bertz CT molecular complexity index is 1080. The molecule has 3 atom stereocenters. The molecule has 2 aliphatic heterocycles. The number of aromatic nitrogens is 2. The maximum Gasteiger partial charge on any atom is 0.320 e. The van der Waals surface area contributed by atoms with Crippen LogP contribution in [0.2, 0.25) is 0 Å². The maximum absolute atomic E-state index is 13.0. The lowest BCUT2D eigenvalue weighted by Crippen LogP contribution is -2.41. The predicted octanol–water partition coefficient (Wildman–Crippen LogP) is 3.49. The number of urea groups is 1. The lowest BCUT2D eigenvalue weighted by molar-refractivity contribution is -0.135. The number of nitrogens with zero attached hydrogens (tertiary/aromatic N) is 5. The summed E-state index contributed by atoms with van der Waals surface area (Å²) in [5, 5.41) is 14.8. The Balaban J connectivity index is 0.000000420. The number of amides is 2. The third-order valence-electron chi connectivity index (χ3n) is 6.93. The third-order valence-corrected chi connectivity index (χ3v) is 6.93. The summed E-state index contributed by atoms with van der Waals surface area (Å²) in [7, 11) is 3.71. The van der Waals surface area contributed by atoms with Crippen LogP contribution in [0.4, 0.5) is 4.79 Å². The SMILES string of the molecule is CC(=O)O.CC(=O)O.Cc1ccccc1[C@H]1[C@@H]2CN(Cc3nccn3C3CC3)C[C@@H]2CN1C(=O)N(C)C. The molecule has 2 amide bonds. The van der Waals surface area contributed by atoms with Crippen LogP contribution in [0.15, 0.2) is 36.7 Å². The van der Waals surface area contributed by atoms with E-state index in [0.717, 1.165) is 40.0 Å². The molecule has 1 saturated carbocycles. The van der Waals surface area contributed by atoms with E-state index in [9.17, 15) is 4.79 Å². The van der Waals surface area contributed by atoms with E-state index in [1.165, 1.54) is 29.8 Å². The molecule has 2 saturated heterocycles. The summed E-state index contributed by atoms with van der Waals surface area (Å²) >= 11 is 0. The van der Waals surface area contributed by atoms with Crippen LogP contribution in [-0.4, -0.2) is 86.2 Å². The summed E-state index contributed by atoms with van der Waals surface area (Å²) in [6.45, 7) is 8.16. The van der Waals surface area contributed by atoms with E-state index < -0.39 is 11.9 Å². The number of carbonyl (C=O) groups excluding carboxylic acids is 1. The first-order valence-corrected chi connectivity index (χ1v) is 12.7. The molecule has 2 aromatic rings. The van der Waals surface area contributed by atoms with Crippen molar-refractivity contribution in [1.29, 1.82) is 0 Å². The average Bonchev–Trinajstić information content (AvgIpc) is 3.26. The highest BCUT2D eigenvalue weighted by Crippen LogP contribution is 2.46. The molecule has 202 valence electrons. The molecule has 0 bridgehead atoms. The second kappa shape index (κ2) is 12.2. The van der Waals surface area contributed by atoms with Crippen molar-refractivity contribution in [3.8, 4) is 0 Å². The number of hydrogen-bond donors (Lipinski definition) is 2. The topological polar surface area (TPSA) is 119 Å². The quantitative estimate of drug-likeness (QED) is 0.642. The van der Waals surface area contributed by atoms with Gasteiger partial charge in [-0.3, -0.25) is 14.5 Å². The Morgan fingerprint density at radius 2 is 1.65 bits per heavy atom. The minimum Gasteiger partial charge on any atom is -0.481 e. The number of carboxylic acids is 2. The fourth-order valence-electron chi connectivity index (χ4n) is 5.39. The summed E-state index contributed by atoms with van der Waals surface area (Å²) in [5.74, 6) is 0.526. The van der Waals surface area contributed by atoms with Gasteiger partial charge in [0.15, 0.2) is 0 Å². The Kier molecular flexibility index (Phi) is 9.31. The van der Waals surface area contributed by atoms with Crippen molar-refractivity contribution < 1.29 is 24.6 Å². The number of imidazole rings is 1. The molecule has 1 aromatic carbocycles. The summed E-state index contributed by atoms with van der Waals surface area (Å²) in [4.78, 5) is 42.0. The van der Waals surface area contributed by atoms with Gasteiger partial charge in [-0.05, 0) is 36.8 Å². The smallest absolute Gasteiger partial charge is 0.320 e. The summed E-state index contributed by atoms with van der Waals surface area (Å²) in [6, 6.07) is 9.52. The number of carbonyl (C=O) groups is 3. The number of fused-ring (bicyclic) bond motifs is 1. The highest BCUT2D eigenvalue weighted by atomic mass is 16.4. The number of hydrogen-bond acceptors (Lipinski definition) is 5. The largest absolute Gasteiger partial charge is 0.481 e. The van der Waals surface area contributed by atoms with Gasteiger partial charge in [0.25, 0.3) is 11.9 Å². The molecule has 3 heterocycles. The second-order valence-electron chi connectivity index (χ2n) is 10.3. The molecule has 5 rings (SSSR count). The van der Waals surface area contributed by atoms with Crippen molar-refractivity contribution in [2.45, 2.75) is 52.2 Å². The number of aliphatic carboxylic acids is 2. The van der Waals surface area contributed by atoms with Crippen molar-refractivity contribution in [2.75, 3.05) is 33.7 Å². The lowest BCUT2D eigenvalue weighted by Gasteiger charge is -2.32. The fourth-order valence-corrected chi connectivity index (χ4v) is 5.39. The van der Waals surface area contributed by atoms with Crippen molar-refractivity contribution >= 4 is 18.0 Å². The van der Waals surface area contributed by atoms with Crippen LogP contribution in [0.25, 0.3) is 0 Å². The molecule has 10 nitrogen and oxygen atoms in total. The first-order chi connectivity index (χ1) is 17.5. The summed E-state index contributed by atoms with van der Waals surface area (Å²) in [6.07, 6.45) is 6.65. The molecular formula is C27H39N5O5. The van der Waals surface area contributed by atoms with E-state index in [-0.39, 0.29) is 12.1 Å². The normalized spacial score (nSPS) is 22.3. The molecule has 1 aromatic heterocycles. The minimum atomic E-state index is -0.833. The van der Waals surface area contributed by atoms with Crippen LogP contribution in [0, 0.1) is 18.8 Å². The van der Waals surface area contributed by atoms with E-state index in [2.05, 4.69) is 56.7 Å². The summed E-state index contributed by atoms with van der Waals surface area (Å²) < 4.78 is 2.37. The molecule has 0 radical (unpaired) electrons. The minimum absolute atomic E-state index is 0.128. The average molecular weight is 514 g/mol. The van der Waals surface area contributed by atoms with Crippen molar-refractivity contribution in [3.63, 3.8) is 0 Å². The monoisotopic (exact) mass is 513 g/mol. The van der Waals surface area contributed by atoms with Gasteiger partial charge in [-0.1, -0.05) is 24.3 Å². The van der Waals surface area contributed by atoms with Gasteiger partial charge in [0.05, 0.1) is 12.6 Å². The molecule has 1 aliphatic carbocycles. The first kappa shape index (κ1) is 28.2.